The monoisotopic (exact) mass is 398 g/mol. The van der Waals surface area contributed by atoms with E-state index in [4.69, 9.17) is 9.88 Å². The Morgan fingerprint density at radius 3 is 2.48 bits per heavy atom. The molecule has 3 N–H and O–H groups in total. The van der Waals surface area contributed by atoms with Gasteiger partial charge in [0, 0.05) is 10.2 Å². The smallest absolute Gasteiger partial charge is 0.259 e. The molecule has 0 heterocycles. The summed E-state index contributed by atoms with van der Waals surface area (Å²) in [7, 11) is -2.52. The van der Waals surface area contributed by atoms with Crippen LogP contribution in [-0.4, -0.2) is 21.4 Å². The van der Waals surface area contributed by atoms with Crippen molar-refractivity contribution in [2.45, 2.75) is 11.8 Å². The van der Waals surface area contributed by atoms with Crippen LogP contribution in [0, 0.1) is 6.92 Å². The fourth-order valence-electron chi connectivity index (χ4n) is 1.96. The van der Waals surface area contributed by atoms with Crippen molar-refractivity contribution in [2.24, 2.45) is 5.14 Å². The van der Waals surface area contributed by atoms with Gasteiger partial charge in [0.05, 0.1) is 17.6 Å². The zero-order valence-corrected chi connectivity index (χ0v) is 14.9. The molecule has 0 aliphatic rings. The van der Waals surface area contributed by atoms with Crippen LogP contribution in [0.4, 0.5) is 5.69 Å². The first-order valence-corrected chi connectivity index (χ1v) is 8.84. The van der Waals surface area contributed by atoms with Crippen molar-refractivity contribution in [3.8, 4) is 5.75 Å². The number of primary sulfonamides is 1. The maximum Gasteiger partial charge on any atom is 0.259 e. The van der Waals surface area contributed by atoms with E-state index in [2.05, 4.69) is 21.2 Å². The summed E-state index contributed by atoms with van der Waals surface area (Å²) in [5.74, 6) is -0.238. The molecule has 6 nitrogen and oxygen atoms in total. The van der Waals surface area contributed by atoms with Crippen LogP contribution >= 0.6 is 15.9 Å². The summed E-state index contributed by atoms with van der Waals surface area (Å²) in [4.78, 5) is 12.3. The number of nitrogens with two attached hydrogens (primary N) is 1. The molecule has 0 aromatic heterocycles. The minimum Gasteiger partial charge on any atom is -0.496 e. The highest BCUT2D eigenvalue weighted by Crippen LogP contribution is 2.24. The third-order valence-electron chi connectivity index (χ3n) is 3.16. The van der Waals surface area contributed by atoms with Gasteiger partial charge in [0.25, 0.3) is 5.91 Å². The molecular weight excluding hydrogens is 384 g/mol. The number of rotatable bonds is 4. The number of sulfonamides is 1. The molecular formula is C15H15BrN2O4S. The number of hydrogen-bond donors (Lipinski definition) is 2. The highest BCUT2D eigenvalue weighted by molar-refractivity contribution is 9.10. The summed E-state index contributed by atoms with van der Waals surface area (Å²) < 4.78 is 28.9. The normalized spacial score (nSPS) is 11.1. The highest BCUT2D eigenvalue weighted by atomic mass is 79.9. The summed E-state index contributed by atoms with van der Waals surface area (Å²) >= 11 is 3.38. The van der Waals surface area contributed by atoms with Crippen molar-refractivity contribution >= 4 is 37.5 Å². The minimum atomic E-state index is -3.91. The standard InChI is InChI=1S/C15H15BrN2O4S/c1-9-7-10(3-5-13(9)16)18-15(19)12-8-11(23(17,20)21)4-6-14(12)22-2/h3-8H,1-2H3,(H,18,19)(H2,17,20,21). The molecule has 0 aliphatic heterocycles. The quantitative estimate of drug-likeness (QED) is 0.826. The van der Waals surface area contributed by atoms with Gasteiger partial charge in [0.2, 0.25) is 10.0 Å². The number of carbonyl (C=O) groups excluding carboxylic acids is 1. The highest BCUT2D eigenvalue weighted by Gasteiger charge is 2.17. The van der Waals surface area contributed by atoms with Gasteiger partial charge >= 0.3 is 0 Å². The summed E-state index contributed by atoms with van der Waals surface area (Å²) in [6, 6.07) is 9.19. The van der Waals surface area contributed by atoms with E-state index in [1.807, 2.05) is 13.0 Å². The molecule has 23 heavy (non-hydrogen) atoms. The number of halogens is 1. The van der Waals surface area contributed by atoms with Gasteiger partial charge < -0.3 is 10.1 Å². The van der Waals surface area contributed by atoms with Crippen LogP contribution in [0.5, 0.6) is 5.75 Å². The fourth-order valence-corrected chi connectivity index (χ4v) is 2.75. The molecule has 2 rings (SSSR count). The second kappa shape index (κ2) is 6.69. The van der Waals surface area contributed by atoms with E-state index in [1.165, 1.54) is 25.3 Å². The molecule has 0 saturated heterocycles. The van der Waals surface area contributed by atoms with Gasteiger partial charge in [-0.15, -0.1) is 0 Å². The van der Waals surface area contributed by atoms with Crippen LogP contribution in [0.15, 0.2) is 45.8 Å². The number of nitrogens with one attached hydrogen (secondary N) is 1. The molecule has 1 amide bonds. The number of hydrogen-bond acceptors (Lipinski definition) is 4. The van der Waals surface area contributed by atoms with Gasteiger partial charge in [-0.3, -0.25) is 4.79 Å². The first-order chi connectivity index (χ1) is 10.7. The Hall–Kier alpha value is -1.90. The van der Waals surface area contributed by atoms with Crippen molar-refractivity contribution < 1.29 is 17.9 Å². The summed E-state index contributed by atoms with van der Waals surface area (Å²) in [5.41, 5.74) is 1.62. The lowest BCUT2D eigenvalue weighted by molar-refractivity contribution is 0.102. The lowest BCUT2D eigenvalue weighted by atomic mass is 10.1. The van der Waals surface area contributed by atoms with Crippen molar-refractivity contribution in [1.82, 2.24) is 0 Å². The van der Waals surface area contributed by atoms with Gasteiger partial charge in [0.15, 0.2) is 0 Å². The first-order valence-electron chi connectivity index (χ1n) is 6.50. The number of ether oxygens (including phenoxy) is 1. The number of anilines is 1. The van der Waals surface area contributed by atoms with Crippen molar-refractivity contribution in [3.05, 3.63) is 52.0 Å². The largest absolute Gasteiger partial charge is 0.496 e. The van der Waals surface area contributed by atoms with Crippen molar-refractivity contribution in [2.75, 3.05) is 12.4 Å². The minimum absolute atomic E-state index is 0.0830. The molecule has 0 fully saturated rings. The predicted molar refractivity (Wildman–Crippen MR) is 91.2 cm³/mol. The Bertz CT molecular complexity index is 866. The number of amides is 1. The summed E-state index contributed by atoms with van der Waals surface area (Å²) in [6.07, 6.45) is 0. The topological polar surface area (TPSA) is 98.5 Å². The Balaban J connectivity index is 2.39. The van der Waals surface area contributed by atoms with E-state index in [1.54, 1.807) is 12.1 Å². The maximum absolute atomic E-state index is 12.4. The van der Waals surface area contributed by atoms with Gasteiger partial charge in [-0.25, -0.2) is 13.6 Å². The lowest BCUT2D eigenvalue weighted by Gasteiger charge is -2.11. The Morgan fingerprint density at radius 1 is 1.22 bits per heavy atom. The molecule has 0 aliphatic carbocycles. The molecule has 122 valence electrons. The van der Waals surface area contributed by atoms with E-state index < -0.39 is 15.9 Å². The van der Waals surface area contributed by atoms with Gasteiger partial charge in [-0.2, -0.15) is 0 Å². The van der Waals surface area contributed by atoms with Crippen LogP contribution in [0.1, 0.15) is 15.9 Å². The first kappa shape index (κ1) is 17.5. The van der Waals surface area contributed by atoms with E-state index in [9.17, 15) is 13.2 Å². The second-order valence-electron chi connectivity index (χ2n) is 4.83. The van der Waals surface area contributed by atoms with E-state index >= 15 is 0 Å². The number of aryl methyl sites for hydroxylation is 1. The van der Waals surface area contributed by atoms with E-state index in [-0.39, 0.29) is 16.2 Å². The van der Waals surface area contributed by atoms with Gasteiger partial charge in [-0.1, -0.05) is 15.9 Å². The summed E-state index contributed by atoms with van der Waals surface area (Å²) in [5, 5.41) is 7.81. The SMILES string of the molecule is COc1ccc(S(N)(=O)=O)cc1C(=O)Nc1ccc(Br)c(C)c1. The Labute approximate surface area is 142 Å². The second-order valence-corrected chi connectivity index (χ2v) is 7.24. The van der Waals surface area contributed by atoms with Crippen LogP contribution < -0.4 is 15.2 Å². The number of methoxy groups -OCH3 is 1. The van der Waals surface area contributed by atoms with Gasteiger partial charge in [-0.05, 0) is 48.9 Å². The average molecular weight is 399 g/mol. The third-order valence-corrected chi connectivity index (χ3v) is 4.96. The van der Waals surface area contributed by atoms with Crippen LogP contribution in [0.2, 0.25) is 0 Å². The van der Waals surface area contributed by atoms with Crippen LogP contribution in [0.3, 0.4) is 0 Å². The molecule has 0 saturated carbocycles. The molecule has 0 atom stereocenters. The Morgan fingerprint density at radius 2 is 1.91 bits per heavy atom. The lowest BCUT2D eigenvalue weighted by Crippen LogP contribution is -2.16. The third kappa shape index (κ3) is 4.10. The molecule has 0 bridgehead atoms. The van der Waals surface area contributed by atoms with Gasteiger partial charge in [0.1, 0.15) is 5.75 Å². The maximum atomic E-state index is 12.4. The van der Waals surface area contributed by atoms with Crippen LogP contribution in [0.25, 0.3) is 0 Å². The van der Waals surface area contributed by atoms with Crippen LogP contribution in [-0.2, 0) is 10.0 Å². The molecule has 2 aromatic rings. The zero-order valence-electron chi connectivity index (χ0n) is 12.5. The summed E-state index contributed by atoms with van der Waals surface area (Å²) in [6.45, 7) is 1.89. The fraction of sp³-hybridized carbons (Fsp3) is 0.133. The van der Waals surface area contributed by atoms with Crippen molar-refractivity contribution in [3.63, 3.8) is 0 Å². The number of carbonyl (C=O) groups is 1. The Kier molecular flexibility index (Phi) is 5.08. The van der Waals surface area contributed by atoms with Crippen molar-refractivity contribution in [1.29, 1.82) is 0 Å². The average Bonchev–Trinajstić information content (AvgIpc) is 2.49. The molecule has 0 spiro atoms. The molecule has 2 aromatic carbocycles. The molecule has 0 radical (unpaired) electrons. The zero-order chi connectivity index (χ0) is 17.2. The number of benzene rings is 2. The predicted octanol–water partition coefficient (Wildman–Crippen LogP) is 2.67. The van der Waals surface area contributed by atoms with E-state index in [0.717, 1.165) is 10.0 Å². The molecule has 8 heteroatoms. The molecule has 0 unspecified atom stereocenters. The van der Waals surface area contributed by atoms with E-state index in [0.29, 0.717) is 5.69 Å².